The molecule has 0 heterocycles. The zero-order valence-electron chi connectivity index (χ0n) is 8.18. The molecule has 0 saturated heterocycles. The molecule has 0 radical (unpaired) electrons. The van der Waals surface area contributed by atoms with Gasteiger partial charge < -0.3 is 5.32 Å². The van der Waals surface area contributed by atoms with E-state index in [1.807, 2.05) is 0 Å². The summed E-state index contributed by atoms with van der Waals surface area (Å²) in [6.45, 7) is 11.9. The average Bonchev–Trinajstić information content (AvgIpc) is 2.05. The highest BCUT2D eigenvalue weighted by molar-refractivity contribution is 5.91. The molecule has 12 heavy (non-hydrogen) atoms. The van der Waals surface area contributed by atoms with Crippen LogP contribution in [-0.2, 0) is 4.79 Å². The maximum Gasteiger partial charge on any atom is 0.247 e. The third-order valence-electron chi connectivity index (χ3n) is 1.75. The molecule has 0 rings (SSSR count). The van der Waals surface area contributed by atoms with Crippen molar-refractivity contribution in [3.05, 3.63) is 12.2 Å². The van der Waals surface area contributed by atoms with Crippen molar-refractivity contribution in [1.82, 2.24) is 10.2 Å². The van der Waals surface area contributed by atoms with Crippen LogP contribution in [0.25, 0.3) is 0 Å². The second-order valence-electron chi connectivity index (χ2n) is 2.75. The Hall–Kier alpha value is -0.830. The van der Waals surface area contributed by atoms with Gasteiger partial charge in [-0.2, -0.15) is 0 Å². The summed E-state index contributed by atoms with van der Waals surface area (Å²) >= 11 is 0. The molecule has 0 fully saturated rings. The fourth-order valence-corrected chi connectivity index (χ4v) is 0.782. The van der Waals surface area contributed by atoms with E-state index in [0.29, 0.717) is 12.2 Å². The Balaban J connectivity index is 3.66. The van der Waals surface area contributed by atoms with Gasteiger partial charge in [0.2, 0.25) is 5.91 Å². The van der Waals surface area contributed by atoms with Crippen molar-refractivity contribution in [2.24, 2.45) is 0 Å². The molecule has 70 valence electrons. The van der Waals surface area contributed by atoms with E-state index in [-0.39, 0.29) is 5.91 Å². The minimum absolute atomic E-state index is 0.0677. The van der Waals surface area contributed by atoms with Crippen LogP contribution in [0.15, 0.2) is 12.2 Å². The van der Waals surface area contributed by atoms with Gasteiger partial charge in [-0.15, -0.1) is 0 Å². The molecule has 0 saturated carbocycles. The van der Waals surface area contributed by atoms with Gasteiger partial charge in [-0.05, 0) is 20.0 Å². The van der Waals surface area contributed by atoms with Crippen molar-refractivity contribution in [1.29, 1.82) is 0 Å². The minimum Gasteiger partial charge on any atom is -0.340 e. The molecule has 3 heteroatoms. The van der Waals surface area contributed by atoms with Gasteiger partial charge in [0.25, 0.3) is 0 Å². The molecule has 0 bridgehead atoms. The van der Waals surface area contributed by atoms with E-state index in [9.17, 15) is 4.79 Å². The molecule has 0 aromatic heterocycles. The first-order chi connectivity index (χ1) is 5.61. The van der Waals surface area contributed by atoms with Crippen LogP contribution in [0.2, 0.25) is 0 Å². The largest absolute Gasteiger partial charge is 0.340 e. The molecule has 1 amide bonds. The Morgan fingerprint density at radius 2 is 1.92 bits per heavy atom. The Morgan fingerprint density at radius 1 is 1.42 bits per heavy atom. The van der Waals surface area contributed by atoms with Gasteiger partial charge in [0.1, 0.15) is 0 Å². The number of nitrogens with zero attached hydrogens (tertiary/aromatic N) is 1. The van der Waals surface area contributed by atoms with Gasteiger partial charge >= 0.3 is 0 Å². The highest BCUT2D eigenvalue weighted by Crippen LogP contribution is 1.87. The summed E-state index contributed by atoms with van der Waals surface area (Å²) in [5.41, 5.74) is 0.558. The number of hydrogen-bond acceptors (Lipinski definition) is 2. The first-order valence-corrected chi connectivity index (χ1v) is 4.27. The number of amides is 1. The monoisotopic (exact) mass is 170 g/mol. The van der Waals surface area contributed by atoms with Crippen molar-refractivity contribution in [2.45, 2.75) is 20.8 Å². The number of hydrogen-bond donors (Lipinski definition) is 1. The normalized spacial score (nSPS) is 10.0. The van der Waals surface area contributed by atoms with Crippen LogP contribution in [0.1, 0.15) is 20.8 Å². The van der Waals surface area contributed by atoms with Crippen LogP contribution in [0, 0.1) is 0 Å². The summed E-state index contributed by atoms with van der Waals surface area (Å²) in [6, 6.07) is 0. The highest BCUT2D eigenvalue weighted by Gasteiger charge is 2.02. The highest BCUT2D eigenvalue weighted by atomic mass is 16.1. The van der Waals surface area contributed by atoms with Crippen LogP contribution >= 0.6 is 0 Å². The maximum atomic E-state index is 11.0. The molecular formula is C9H18N2O. The zero-order chi connectivity index (χ0) is 9.56. The fraction of sp³-hybridized carbons (Fsp3) is 0.667. The van der Waals surface area contributed by atoms with Crippen LogP contribution in [0.5, 0.6) is 0 Å². The van der Waals surface area contributed by atoms with Crippen molar-refractivity contribution >= 4 is 5.91 Å². The Morgan fingerprint density at radius 3 is 2.25 bits per heavy atom. The van der Waals surface area contributed by atoms with E-state index >= 15 is 0 Å². The Kier molecular flexibility index (Phi) is 5.37. The maximum absolute atomic E-state index is 11.0. The molecule has 0 aliphatic carbocycles. The third-order valence-corrected chi connectivity index (χ3v) is 1.75. The predicted octanol–water partition coefficient (Wildman–Crippen LogP) is 0.978. The number of carbonyl (C=O) groups is 1. The first-order valence-electron chi connectivity index (χ1n) is 4.27. The van der Waals surface area contributed by atoms with Crippen LogP contribution in [0.4, 0.5) is 0 Å². The third kappa shape index (κ3) is 4.13. The average molecular weight is 170 g/mol. The zero-order valence-corrected chi connectivity index (χ0v) is 8.18. The number of nitrogens with one attached hydrogen (secondary N) is 1. The fourth-order valence-electron chi connectivity index (χ4n) is 0.782. The topological polar surface area (TPSA) is 32.3 Å². The molecule has 0 aliphatic heterocycles. The molecule has 0 spiro atoms. The molecular weight excluding hydrogens is 152 g/mol. The lowest BCUT2D eigenvalue weighted by molar-refractivity contribution is -0.118. The van der Waals surface area contributed by atoms with E-state index < -0.39 is 0 Å². The SMILES string of the molecule is C=C(C)C(=O)NCN(CC)CC. The molecule has 3 nitrogen and oxygen atoms in total. The number of carbonyl (C=O) groups excluding carboxylic acids is 1. The van der Waals surface area contributed by atoms with Crippen LogP contribution in [0.3, 0.4) is 0 Å². The summed E-state index contributed by atoms with van der Waals surface area (Å²) in [7, 11) is 0. The summed E-state index contributed by atoms with van der Waals surface area (Å²) in [5, 5.41) is 2.77. The van der Waals surface area contributed by atoms with E-state index in [2.05, 4.69) is 30.6 Å². The van der Waals surface area contributed by atoms with Gasteiger partial charge in [0.05, 0.1) is 6.67 Å². The van der Waals surface area contributed by atoms with Crippen LogP contribution in [-0.4, -0.2) is 30.6 Å². The summed E-state index contributed by atoms with van der Waals surface area (Å²) in [6.07, 6.45) is 0. The minimum atomic E-state index is -0.0677. The Bertz CT molecular complexity index is 162. The van der Waals surface area contributed by atoms with Gasteiger partial charge in [-0.3, -0.25) is 9.69 Å². The summed E-state index contributed by atoms with van der Waals surface area (Å²) < 4.78 is 0. The second kappa shape index (κ2) is 5.77. The first kappa shape index (κ1) is 11.2. The quantitative estimate of drug-likeness (QED) is 0.492. The molecule has 0 aromatic rings. The van der Waals surface area contributed by atoms with Gasteiger partial charge in [0, 0.05) is 5.57 Å². The molecule has 0 atom stereocenters. The van der Waals surface area contributed by atoms with E-state index in [0.717, 1.165) is 13.1 Å². The van der Waals surface area contributed by atoms with Gasteiger partial charge in [-0.25, -0.2) is 0 Å². The van der Waals surface area contributed by atoms with Crippen LogP contribution < -0.4 is 5.32 Å². The van der Waals surface area contributed by atoms with Crippen molar-refractivity contribution in [3.8, 4) is 0 Å². The van der Waals surface area contributed by atoms with Crippen molar-refractivity contribution < 1.29 is 4.79 Å². The lowest BCUT2D eigenvalue weighted by Gasteiger charge is -2.18. The predicted molar refractivity (Wildman–Crippen MR) is 50.7 cm³/mol. The van der Waals surface area contributed by atoms with Crippen molar-refractivity contribution in [3.63, 3.8) is 0 Å². The van der Waals surface area contributed by atoms with E-state index in [4.69, 9.17) is 0 Å². The van der Waals surface area contributed by atoms with Crippen molar-refractivity contribution in [2.75, 3.05) is 19.8 Å². The second-order valence-corrected chi connectivity index (χ2v) is 2.75. The van der Waals surface area contributed by atoms with E-state index in [1.165, 1.54) is 0 Å². The molecule has 1 N–H and O–H groups in total. The van der Waals surface area contributed by atoms with E-state index in [1.54, 1.807) is 6.92 Å². The summed E-state index contributed by atoms with van der Waals surface area (Å²) in [4.78, 5) is 13.2. The molecule has 0 aliphatic rings. The summed E-state index contributed by atoms with van der Waals surface area (Å²) in [5.74, 6) is -0.0677. The molecule has 0 aromatic carbocycles. The lowest BCUT2D eigenvalue weighted by Crippen LogP contribution is -2.37. The van der Waals surface area contributed by atoms with Gasteiger partial charge in [0.15, 0.2) is 0 Å². The van der Waals surface area contributed by atoms with Gasteiger partial charge in [-0.1, -0.05) is 20.4 Å². The smallest absolute Gasteiger partial charge is 0.247 e. The Labute approximate surface area is 74.4 Å². The lowest BCUT2D eigenvalue weighted by atomic mass is 10.3. The number of rotatable bonds is 5. The standard InChI is InChI=1S/C9H18N2O/c1-5-11(6-2)7-10-9(12)8(3)4/h3,5-7H2,1-2,4H3,(H,10,12). The molecule has 0 unspecified atom stereocenters.